The average Bonchev–Trinajstić information content (AvgIpc) is 3.17. The van der Waals surface area contributed by atoms with E-state index in [1.807, 2.05) is 12.1 Å². The van der Waals surface area contributed by atoms with Crippen LogP contribution in [-0.4, -0.2) is 39.8 Å². The van der Waals surface area contributed by atoms with Gasteiger partial charge in [-0.15, -0.1) is 0 Å². The number of nitrogens with zero attached hydrogens (tertiary/aromatic N) is 3. The lowest BCUT2D eigenvalue weighted by atomic mass is 10.0. The van der Waals surface area contributed by atoms with E-state index < -0.39 is 0 Å². The summed E-state index contributed by atoms with van der Waals surface area (Å²) >= 11 is 6.62. The maximum atomic E-state index is 9.48. The number of rotatable bonds is 11. The summed E-state index contributed by atoms with van der Waals surface area (Å²) in [6, 6.07) is 3.98. The van der Waals surface area contributed by atoms with Gasteiger partial charge in [0.15, 0.2) is 5.58 Å². The molecule has 0 spiro atoms. The van der Waals surface area contributed by atoms with E-state index >= 15 is 0 Å². The Hall–Kier alpha value is -2.38. The third kappa shape index (κ3) is 5.86. The highest BCUT2D eigenvalue weighted by molar-refractivity contribution is 6.32. The molecule has 3 aromatic rings. The quantitative estimate of drug-likeness (QED) is 0.340. The summed E-state index contributed by atoms with van der Waals surface area (Å²) in [7, 11) is 0. The molecule has 0 aliphatic rings. The molecule has 1 unspecified atom stereocenters. The van der Waals surface area contributed by atoms with Gasteiger partial charge in [0.05, 0.1) is 11.8 Å². The monoisotopic (exact) mass is 445 g/mol. The van der Waals surface area contributed by atoms with Crippen LogP contribution < -0.4 is 10.6 Å². The highest BCUT2D eigenvalue weighted by Crippen LogP contribution is 2.37. The molecule has 0 aliphatic carbocycles. The molecule has 3 rings (SSSR count). The van der Waals surface area contributed by atoms with Gasteiger partial charge in [0.25, 0.3) is 0 Å². The summed E-state index contributed by atoms with van der Waals surface area (Å²) < 4.78 is 6.06. The zero-order valence-electron chi connectivity index (χ0n) is 18.7. The molecule has 3 heterocycles. The van der Waals surface area contributed by atoms with E-state index in [1.54, 1.807) is 6.20 Å². The van der Waals surface area contributed by atoms with Crippen molar-refractivity contribution in [3.05, 3.63) is 29.2 Å². The van der Waals surface area contributed by atoms with Gasteiger partial charge in [-0.05, 0) is 36.8 Å². The molecule has 3 N–H and O–H groups in total. The van der Waals surface area contributed by atoms with Crippen molar-refractivity contribution in [1.29, 1.82) is 0 Å². The number of anilines is 2. The van der Waals surface area contributed by atoms with Crippen LogP contribution in [0.3, 0.4) is 0 Å². The van der Waals surface area contributed by atoms with Crippen molar-refractivity contribution < 1.29 is 9.52 Å². The van der Waals surface area contributed by atoms with E-state index in [2.05, 4.69) is 53.3 Å². The fourth-order valence-corrected chi connectivity index (χ4v) is 3.54. The van der Waals surface area contributed by atoms with Gasteiger partial charge in [0.1, 0.15) is 16.7 Å². The van der Waals surface area contributed by atoms with Gasteiger partial charge < -0.3 is 20.2 Å². The number of halogens is 1. The summed E-state index contributed by atoms with van der Waals surface area (Å²) in [5, 5.41) is 17.4. The fraction of sp³-hybridized carbons (Fsp3) is 0.522. The molecular formula is C23H32ClN5O2. The maximum Gasteiger partial charge on any atom is 0.226 e. The first-order valence-corrected chi connectivity index (χ1v) is 11.4. The highest BCUT2D eigenvalue weighted by atomic mass is 35.5. The Kier molecular flexibility index (Phi) is 8.09. The van der Waals surface area contributed by atoms with E-state index in [0.717, 1.165) is 36.9 Å². The van der Waals surface area contributed by atoms with Crippen LogP contribution in [0.15, 0.2) is 22.7 Å². The summed E-state index contributed by atoms with van der Waals surface area (Å²) in [5.41, 5.74) is 2.33. The van der Waals surface area contributed by atoms with Gasteiger partial charge in [-0.2, -0.15) is 4.98 Å². The number of aliphatic hydroxyl groups is 1. The van der Waals surface area contributed by atoms with E-state index in [1.165, 1.54) is 0 Å². The van der Waals surface area contributed by atoms with Crippen molar-refractivity contribution in [3.63, 3.8) is 0 Å². The molecule has 0 aliphatic heterocycles. The normalized spacial score (nSPS) is 12.5. The maximum absolute atomic E-state index is 9.48. The Morgan fingerprint density at radius 2 is 1.97 bits per heavy atom. The number of furan rings is 1. The van der Waals surface area contributed by atoms with Crippen LogP contribution in [-0.2, 0) is 6.42 Å². The molecule has 0 bridgehead atoms. The van der Waals surface area contributed by atoms with Gasteiger partial charge in [0.2, 0.25) is 5.95 Å². The van der Waals surface area contributed by atoms with Gasteiger partial charge in [-0.25, -0.2) is 4.98 Å². The summed E-state index contributed by atoms with van der Waals surface area (Å²) in [6.07, 6.45) is 4.35. The molecule has 0 saturated heterocycles. The Morgan fingerprint density at radius 1 is 1.16 bits per heavy atom. The topological polar surface area (TPSA) is 96.1 Å². The Labute approximate surface area is 188 Å². The Balaban J connectivity index is 1.96. The second-order valence-corrected chi connectivity index (χ2v) is 8.54. The number of nitrogens with one attached hydrogen (secondary N) is 2. The predicted octanol–water partition coefficient (Wildman–Crippen LogP) is 5.39. The molecule has 1 atom stereocenters. The lowest BCUT2D eigenvalue weighted by Gasteiger charge is -2.16. The van der Waals surface area contributed by atoms with Gasteiger partial charge >= 0.3 is 0 Å². The van der Waals surface area contributed by atoms with Crippen molar-refractivity contribution in [3.8, 4) is 11.3 Å². The fourth-order valence-electron chi connectivity index (χ4n) is 3.28. The second kappa shape index (κ2) is 10.8. The van der Waals surface area contributed by atoms with E-state index in [9.17, 15) is 5.11 Å². The molecule has 0 saturated carbocycles. The third-order valence-electron chi connectivity index (χ3n) is 5.28. The summed E-state index contributed by atoms with van der Waals surface area (Å²) in [4.78, 5) is 13.5. The highest BCUT2D eigenvalue weighted by Gasteiger charge is 2.20. The minimum absolute atomic E-state index is 0.174. The molecule has 0 fully saturated rings. The van der Waals surface area contributed by atoms with Crippen molar-refractivity contribution in [2.45, 2.75) is 47.0 Å². The van der Waals surface area contributed by atoms with Crippen LogP contribution >= 0.6 is 11.6 Å². The van der Waals surface area contributed by atoms with Crippen molar-refractivity contribution in [2.24, 2.45) is 11.8 Å². The van der Waals surface area contributed by atoms with Crippen LogP contribution in [0.1, 0.15) is 46.2 Å². The molecule has 8 heteroatoms. The van der Waals surface area contributed by atoms with Crippen LogP contribution in [0, 0.1) is 11.8 Å². The second-order valence-electron chi connectivity index (χ2n) is 8.19. The zero-order chi connectivity index (χ0) is 22.4. The number of aryl methyl sites for hydroxylation is 1. The average molecular weight is 446 g/mol. The third-order valence-corrected chi connectivity index (χ3v) is 5.56. The number of aromatic nitrogens is 3. The first-order valence-electron chi connectivity index (χ1n) is 11.0. The number of aliphatic hydroxyl groups excluding tert-OH is 1. The molecule has 3 aromatic heterocycles. The first kappa shape index (κ1) is 23.3. The van der Waals surface area contributed by atoms with Crippen LogP contribution in [0.25, 0.3) is 22.3 Å². The number of fused-ring (bicyclic) bond motifs is 1. The van der Waals surface area contributed by atoms with Gasteiger partial charge in [0, 0.05) is 30.8 Å². The van der Waals surface area contributed by atoms with Crippen molar-refractivity contribution in [2.75, 3.05) is 30.3 Å². The van der Waals surface area contributed by atoms with Gasteiger partial charge in [-0.1, -0.05) is 45.7 Å². The first-order chi connectivity index (χ1) is 14.9. The van der Waals surface area contributed by atoms with E-state index in [0.29, 0.717) is 46.3 Å². The number of pyridine rings is 1. The lowest BCUT2D eigenvalue weighted by molar-refractivity contribution is 0.217. The minimum atomic E-state index is 0.174. The number of hydrogen-bond acceptors (Lipinski definition) is 7. The molecule has 7 nitrogen and oxygen atoms in total. The Morgan fingerprint density at radius 3 is 2.65 bits per heavy atom. The molecular weight excluding hydrogens is 414 g/mol. The van der Waals surface area contributed by atoms with E-state index in [-0.39, 0.29) is 12.5 Å². The lowest BCUT2D eigenvalue weighted by Crippen LogP contribution is -2.15. The largest absolute Gasteiger partial charge is 0.454 e. The molecule has 31 heavy (non-hydrogen) atoms. The van der Waals surface area contributed by atoms with Crippen molar-refractivity contribution >= 4 is 34.3 Å². The Bertz CT molecular complexity index is 1000. The standard InChI is InChI=1S/C23H32ClN5O2/c1-5-15(13-30)7-8-25-22-20(21(24)28-23(29-22)27-11-14(3)4)18-10-16-9-17(6-2)26-12-19(16)31-18/h9-10,12,14-15,30H,5-8,11,13H2,1-4H3,(H2,25,27,28,29). The molecule has 0 aromatic carbocycles. The van der Waals surface area contributed by atoms with Crippen LogP contribution in [0.5, 0.6) is 0 Å². The van der Waals surface area contributed by atoms with E-state index in [4.69, 9.17) is 16.0 Å². The van der Waals surface area contributed by atoms with Crippen molar-refractivity contribution in [1.82, 2.24) is 15.0 Å². The predicted molar refractivity (Wildman–Crippen MR) is 127 cm³/mol. The number of hydrogen-bond donors (Lipinski definition) is 3. The van der Waals surface area contributed by atoms with Crippen LogP contribution in [0.4, 0.5) is 11.8 Å². The molecule has 0 amide bonds. The smallest absolute Gasteiger partial charge is 0.226 e. The molecule has 168 valence electrons. The van der Waals surface area contributed by atoms with Crippen LogP contribution in [0.2, 0.25) is 5.15 Å². The molecule has 0 radical (unpaired) electrons. The zero-order valence-corrected chi connectivity index (χ0v) is 19.5. The van der Waals surface area contributed by atoms with Gasteiger partial charge in [-0.3, -0.25) is 4.98 Å². The summed E-state index contributed by atoms with van der Waals surface area (Å²) in [5.74, 6) is 2.38. The summed E-state index contributed by atoms with van der Waals surface area (Å²) in [6.45, 7) is 9.96. The minimum Gasteiger partial charge on any atom is -0.454 e. The SMILES string of the molecule is CCc1cc2cc(-c3c(Cl)nc(NCC(C)C)nc3NCCC(CC)CO)oc2cn1.